The number of rotatable bonds is 2. The van der Waals surface area contributed by atoms with E-state index in [1.165, 1.54) is 13.8 Å². The van der Waals surface area contributed by atoms with Gasteiger partial charge in [0.15, 0.2) is 0 Å². The summed E-state index contributed by atoms with van der Waals surface area (Å²) >= 11 is 0. The largest absolute Gasteiger partial charge is 0.393 e. The third-order valence-electron chi connectivity index (χ3n) is 3.96. The van der Waals surface area contributed by atoms with Gasteiger partial charge in [0.2, 0.25) is 0 Å². The zero-order valence-corrected chi connectivity index (χ0v) is 9.14. The van der Waals surface area contributed by atoms with Crippen molar-refractivity contribution in [3.05, 3.63) is 12.2 Å². The van der Waals surface area contributed by atoms with Gasteiger partial charge >= 0.3 is 6.18 Å². The first-order valence-electron chi connectivity index (χ1n) is 5.55. The van der Waals surface area contributed by atoms with E-state index in [1.807, 2.05) is 0 Å². The molecule has 3 heteroatoms. The third kappa shape index (κ3) is 1.93. The van der Waals surface area contributed by atoms with Crippen LogP contribution >= 0.6 is 0 Å². The Bertz CT molecular complexity index is 275. The first-order chi connectivity index (χ1) is 6.79. The van der Waals surface area contributed by atoms with Crippen LogP contribution in [-0.4, -0.2) is 6.18 Å². The lowest BCUT2D eigenvalue weighted by molar-refractivity contribution is -0.217. The molecule has 2 aliphatic carbocycles. The number of hydrogen-bond acceptors (Lipinski definition) is 0. The van der Waals surface area contributed by atoms with Crippen LogP contribution in [0.15, 0.2) is 12.2 Å². The second-order valence-corrected chi connectivity index (χ2v) is 5.63. The average molecular weight is 218 g/mol. The maximum atomic E-state index is 12.7. The fraction of sp³-hybridized carbons (Fsp3) is 0.833. The molecule has 1 fully saturated rings. The molecule has 2 rings (SSSR count). The highest BCUT2D eigenvalue weighted by atomic mass is 19.4. The molecule has 0 saturated heterocycles. The summed E-state index contributed by atoms with van der Waals surface area (Å²) in [6.45, 7) is 2.64. The van der Waals surface area contributed by atoms with Crippen molar-refractivity contribution in [3.63, 3.8) is 0 Å². The van der Waals surface area contributed by atoms with E-state index in [9.17, 15) is 13.2 Å². The Hall–Kier alpha value is -0.470. The van der Waals surface area contributed by atoms with Crippen molar-refractivity contribution in [2.24, 2.45) is 23.2 Å². The van der Waals surface area contributed by atoms with Crippen molar-refractivity contribution in [2.45, 2.75) is 39.3 Å². The number of fused-ring (bicyclic) bond motifs is 2. The van der Waals surface area contributed by atoms with Gasteiger partial charge in [-0.1, -0.05) is 26.0 Å². The zero-order chi connectivity index (χ0) is 11.3. The molecule has 3 atom stereocenters. The molecule has 0 aromatic rings. The maximum Gasteiger partial charge on any atom is 0.393 e. The smallest absolute Gasteiger partial charge is 0.171 e. The van der Waals surface area contributed by atoms with Crippen LogP contribution in [0.2, 0.25) is 0 Å². The minimum Gasteiger partial charge on any atom is -0.171 e. The topological polar surface area (TPSA) is 0 Å². The summed E-state index contributed by atoms with van der Waals surface area (Å²) in [4.78, 5) is 0. The van der Waals surface area contributed by atoms with Crippen molar-refractivity contribution in [1.82, 2.24) is 0 Å². The fourth-order valence-electron chi connectivity index (χ4n) is 2.90. The Morgan fingerprint density at radius 2 is 1.80 bits per heavy atom. The Kier molecular flexibility index (Phi) is 2.40. The van der Waals surface area contributed by atoms with Gasteiger partial charge in [-0.05, 0) is 37.0 Å². The molecule has 2 aliphatic rings. The average Bonchev–Trinajstić information content (AvgIpc) is 2.61. The number of hydrogen-bond donors (Lipinski definition) is 0. The van der Waals surface area contributed by atoms with E-state index in [1.54, 1.807) is 0 Å². The number of halogens is 3. The maximum absolute atomic E-state index is 12.7. The van der Waals surface area contributed by atoms with Crippen LogP contribution in [0, 0.1) is 23.2 Å². The molecule has 1 saturated carbocycles. The molecule has 2 bridgehead atoms. The predicted molar refractivity (Wildman–Crippen MR) is 53.3 cm³/mol. The molecular weight excluding hydrogens is 201 g/mol. The molecule has 0 aromatic heterocycles. The fourth-order valence-corrected chi connectivity index (χ4v) is 2.90. The van der Waals surface area contributed by atoms with Crippen LogP contribution in [0.3, 0.4) is 0 Å². The highest BCUT2D eigenvalue weighted by Crippen LogP contribution is 2.51. The highest BCUT2D eigenvalue weighted by Gasteiger charge is 2.50. The lowest BCUT2D eigenvalue weighted by Gasteiger charge is -2.32. The monoisotopic (exact) mass is 218 g/mol. The summed E-state index contributed by atoms with van der Waals surface area (Å²) in [7, 11) is 0. The van der Waals surface area contributed by atoms with Crippen molar-refractivity contribution in [3.8, 4) is 0 Å². The minimum atomic E-state index is -4.07. The van der Waals surface area contributed by atoms with Gasteiger partial charge in [-0.2, -0.15) is 13.2 Å². The Balaban J connectivity index is 2.01. The Morgan fingerprint density at radius 3 is 2.20 bits per heavy atom. The van der Waals surface area contributed by atoms with Gasteiger partial charge < -0.3 is 0 Å². The van der Waals surface area contributed by atoms with E-state index in [4.69, 9.17) is 0 Å². The molecule has 0 spiro atoms. The van der Waals surface area contributed by atoms with Crippen LogP contribution in [0.4, 0.5) is 13.2 Å². The summed E-state index contributed by atoms with van der Waals surface area (Å²) in [5.41, 5.74) is -1.53. The van der Waals surface area contributed by atoms with Crippen molar-refractivity contribution < 1.29 is 13.2 Å². The van der Waals surface area contributed by atoms with Gasteiger partial charge in [0.05, 0.1) is 5.41 Å². The minimum absolute atomic E-state index is 0.247. The predicted octanol–water partition coefficient (Wildman–Crippen LogP) is 4.18. The summed E-state index contributed by atoms with van der Waals surface area (Å²) in [6.07, 6.45) is 2.53. The number of alkyl halides is 3. The molecule has 3 unspecified atom stereocenters. The molecule has 86 valence electrons. The third-order valence-corrected chi connectivity index (χ3v) is 3.96. The first kappa shape index (κ1) is 11.0. The van der Waals surface area contributed by atoms with E-state index in [0.29, 0.717) is 11.8 Å². The summed E-state index contributed by atoms with van der Waals surface area (Å²) < 4.78 is 38.1. The van der Waals surface area contributed by atoms with E-state index in [0.717, 1.165) is 12.8 Å². The molecule has 0 N–H and O–H groups in total. The van der Waals surface area contributed by atoms with Gasteiger partial charge in [-0.3, -0.25) is 0 Å². The summed E-state index contributed by atoms with van der Waals surface area (Å²) in [5, 5.41) is 0. The molecule has 0 nitrogen and oxygen atoms in total. The van der Waals surface area contributed by atoms with Crippen molar-refractivity contribution >= 4 is 0 Å². The molecule has 0 aromatic carbocycles. The van der Waals surface area contributed by atoms with Gasteiger partial charge in [-0.25, -0.2) is 0 Å². The molecule has 0 amide bonds. The molecule has 15 heavy (non-hydrogen) atoms. The lowest BCUT2D eigenvalue weighted by atomic mass is 9.77. The molecule has 0 aliphatic heterocycles. The summed E-state index contributed by atoms with van der Waals surface area (Å²) in [6, 6.07) is 0. The highest BCUT2D eigenvalue weighted by molar-refractivity contribution is 5.10. The van der Waals surface area contributed by atoms with E-state index < -0.39 is 11.6 Å². The van der Waals surface area contributed by atoms with E-state index >= 15 is 0 Å². The zero-order valence-electron chi connectivity index (χ0n) is 9.14. The van der Waals surface area contributed by atoms with Crippen LogP contribution in [0.25, 0.3) is 0 Å². The Labute approximate surface area is 88.5 Å². The van der Waals surface area contributed by atoms with Gasteiger partial charge in [0.25, 0.3) is 0 Å². The van der Waals surface area contributed by atoms with E-state index in [2.05, 4.69) is 12.2 Å². The van der Waals surface area contributed by atoms with E-state index in [-0.39, 0.29) is 12.3 Å². The molecular formula is C12H17F3. The van der Waals surface area contributed by atoms with Gasteiger partial charge in [0.1, 0.15) is 0 Å². The quantitative estimate of drug-likeness (QED) is 0.610. The second kappa shape index (κ2) is 3.26. The Morgan fingerprint density at radius 1 is 1.13 bits per heavy atom. The first-order valence-corrected chi connectivity index (χ1v) is 5.55. The van der Waals surface area contributed by atoms with Crippen molar-refractivity contribution in [1.29, 1.82) is 0 Å². The van der Waals surface area contributed by atoms with Crippen LogP contribution in [0.1, 0.15) is 33.1 Å². The molecule has 0 heterocycles. The van der Waals surface area contributed by atoms with Crippen LogP contribution in [0.5, 0.6) is 0 Å². The second-order valence-electron chi connectivity index (χ2n) is 5.63. The summed E-state index contributed by atoms with van der Waals surface area (Å²) in [5.74, 6) is 1.22. The van der Waals surface area contributed by atoms with Gasteiger partial charge in [0, 0.05) is 0 Å². The lowest BCUT2D eigenvalue weighted by Crippen LogP contribution is -2.34. The standard InChI is InChI=1S/C12H17F3/c1-11(2,12(13,14)15)7-10-6-8-3-4-9(10)5-8/h3-4,8-10H,5-7H2,1-2H3. The van der Waals surface area contributed by atoms with Crippen molar-refractivity contribution in [2.75, 3.05) is 0 Å². The van der Waals surface area contributed by atoms with Gasteiger partial charge in [-0.15, -0.1) is 0 Å². The van der Waals surface area contributed by atoms with Crippen LogP contribution in [-0.2, 0) is 0 Å². The molecule has 0 radical (unpaired) electrons. The number of allylic oxidation sites excluding steroid dienone is 2. The SMILES string of the molecule is CC(C)(CC1CC2C=CC1C2)C(F)(F)F. The van der Waals surface area contributed by atoms with Crippen LogP contribution < -0.4 is 0 Å². The normalized spacial score (nSPS) is 35.1.